The first-order chi connectivity index (χ1) is 15.0. The van der Waals surface area contributed by atoms with Crippen molar-refractivity contribution in [2.24, 2.45) is 0 Å². The second kappa shape index (κ2) is 8.74. The van der Waals surface area contributed by atoms with Crippen LogP contribution in [0.3, 0.4) is 0 Å². The number of anilines is 1. The van der Waals surface area contributed by atoms with E-state index in [9.17, 15) is 18.8 Å². The summed E-state index contributed by atoms with van der Waals surface area (Å²) in [5.41, 5.74) is 2.04. The van der Waals surface area contributed by atoms with Gasteiger partial charge in [-0.3, -0.25) is 14.5 Å². The fraction of sp³-hybridized carbons (Fsp3) is 0.190. The summed E-state index contributed by atoms with van der Waals surface area (Å²) in [7, 11) is 0. The normalized spacial score (nSPS) is 15.8. The van der Waals surface area contributed by atoms with Crippen molar-refractivity contribution in [3.8, 4) is 0 Å². The van der Waals surface area contributed by atoms with Crippen LogP contribution in [0.5, 0.6) is 0 Å². The van der Waals surface area contributed by atoms with Gasteiger partial charge in [-0.1, -0.05) is 24.3 Å². The van der Waals surface area contributed by atoms with Gasteiger partial charge in [0.25, 0.3) is 5.91 Å². The Bertz CT molecular complexity index is 1100. The van der Waals surface area contributed by atoms with E-state index in [1.165, 1.54) is 24.5 Å². The monoisotopic (exact) mass is 422 g/mol. The summed E-state index contributed by atoms with van der Waals surface area (Å²) in [5.74, 6) is -1.38. The number of halogens is 1. The van der Waals surface area contributed by atoms with E-state index in [1.807, 2.05) is 12.1 Å². The Morgan fingerprint density at radius 1 is 1.10 bits per heavy atom. The SMILES string of the molecule is O=C(C[C@@H]1NC(=O)N(Cc2cccc(F)c2)C1=O)Nc1ccc(Cn2cncn2)cc1. The summed E-state index contributed by atoms with van der Waals surface area (Å²) >= 11 is 0. The van der Waals surface area contributed by atoms with Crippen LogP contribution in [-0.4, -0.2) is 43.6 Å². The van der Waals surface area contributed by atoms with Crippen molar-refractivity contribution >= 4 is 23.5 Å². The molecule has 1 saturated heterocycles. The third-order valence-corrected chi connectivity index (χ3v) is 4.78. The molecule has 4 amide bonds. The molecular weight excluding hydrogens is 403 g/mol. The molecule has 0 saturated carbocycles. The van der Waals surface area contributed by atoms with Gasteiger partial charge in [0.05, 0.1) is 19.5 Å². The third kappa shape index (κ3) is 4.92. The first-order valence-electron chi connectivity index (χ1n) is 9.55. The second-order valence-corrected chi connectivity index (χ2v) is 7.10. The summed E-state index contributed by atoms with van der Waals surface area (Å²) in [5, 5.41) is 9.26. The molecule has 1 atom stereocenters. The van der Waals surface area contributed by atoms with Crippen LogP contribution in [0.2, 0.25) is 0 Å². The third-order valence-electron chi connectivity index (χ3n) is 4.78. The number of imide groups is 1. The molecule has 0 radical (unpaired) electrons. The molecule has 10 heteroatoms. The number of amides is 4. The van der Waals surface area contributed by atoms with E-state index in [0.29, 0.717) is 17.8 Å². The highest BCUT2D eigenvalue weighted by atomic mass is 19.1. The Hall–Kier alpha value is -4.08. The molecule has 1 aliphatic heterocycles. The van der Waals surface area contributed by atoms with E-state index < -0.39 is 29.7 Å². The van der Waals surface area contributed by atoms with E-state index in [2.05, 4.69) is 20.7 Å². The molecule has 2 heterocycles. The highest BCUT2D eigenvalue weighted by Crippen LogP contribution is 2.16. The van der Waals surface area contributed by atoms with Crippen molar-refractivity contribution in [1.82, 2.24) is 25.0 Å². The molecule has 0 bridgehead atoms. The molecule has 0 unspecified atom stereocenters. The number of carbonyl (C=O) groups excluding carboxylic acids is 3. The Morgan fingerprint density at radius 2 is 1.90 bits per heavy atom. The molecule has 4 rings (SSSR count). The van der Waals surface area contributed by atoms with Gasteiger partial charge in [0, 0.05) is 5.69 Å². The molecule has 9 nitrogen and oxygen atoms in total. The lowest BCUT2D eigenvalue weighted by atomic mass is 10.1. The van der Waals surface area contributed by atoms with Crippen molar-refractivity contribution in [3.05, 3.63) is 78.1 Å². The molecule has 1 aromatic heterocycles. The van der Waals surface area contributed by atoms with Crippen molar-refractivity contribution in [1.29, 1.82) is 0 Å². The first-order valence-corrected chi connectivity index (χ1v) is 9.55. The molecular formula is C21H19FN6O3. The van der Waals surface area contributed by atoms with Crippen molar-refractivity contribution in [2.45, 2.75) is 25.6 Å². The summed E-state index contributed by atoms with van der Waals surface area (Å²) in [6.07, 6.45) is 2.86. The Labute approximate surface area is 176 Å². The lowest BCUT2D eigenvalue weighted by molar-refractivity contribution is -0.130. The van der Waals surface area contributed by atoms with Crippen LogP contribution in [0.4, 0.5) is 14.9 Å². The molecule has 3 aromatic rings. The predicted molar refractivity (Wildman–Crippen MR) is 108 cm³/mol. The smallest absolute Gasteiger partial charge is 0.325 e. The van der Waals surface area contributed by atoms with E-state index in [4.69, 9.17) is 0 Å². The van der Waals surface area contributed by atoms with Gasteiger partial charge in [0.1, 0.15) is 24.5 Å². The number of urea groups is 1. The lowest BCUT2D eigenvalue weighted by Gasteiger charge is -2.13. The molecule has 2 N–H and O–H groups in total. The number of hydrogen-bond acceptors (Lipinski definition) is 5. The Kier molecular flexibility index (Phi) is 5.69. The van der Waals surface area contributed by atoms with Crippen molar-refractivity contribution in [2.75, 3.05) is 5.32 Å². The average molecular weight is 422 g/mol. The van der Waals surface area contributed by atoms with Gasteiger partial charge < -0.3 is 10.6 Å². The van der Waals surface area contributed by atoms with Gasteiger partial charge >= 0.3 is 6.03 Å². The van der Waals surface area contributed by atoms with E-state index in [-0.39, 0.29) is 13.0 Å². The predicted octanol–water partition coefficient (Wildman–Crippen LogP) is 1.91. The zero-order chi connectivity index (χ0) is 21.8. The van der Waals surface area contributed by atoms with Gasteiger partial charge in [-0.2, -0.15) is 5.10 Å². The minimum Gasteiger partial charge on any atom is -0.326 e. The number of carbonyl (C=O) groups is 3. The molecule has 0 aliphatic carbocycles. The maximum Gasteiger partial charge on any atom is 0.325 e. The van der Waals surface area contributed by atoms with Gasteiger partial charge in [0.2, 0.25) is 5.91 Å². The van der Waals surface area contributed by atoms with Crippen LogP contribution >= 0.6 is 0 Å². The maximum absolute atomic E-state index is 13.3. The minimum absolute atomic E-state index is 0.0617. The van der Waals surface area contributed by atoms with E-state index >= 15 is 0 Å². The number of hydrogen-bond donors (Lipinski definition) is 2. The molecule has 31 heavy (non-hydrogen) atoms. The van der Waals surface area contributed by atoms with Crippen LogP contribution in [0.25, 0.3) is 0 Å². The number of aromatic nitrogens is 3. The van der Waals surface area contributed by atoms with Crippen LogP contribution in [0, 0.1) is 5.82 Å². The summed E-state index contributed by atoms with van der Waals surface area (Å²) in [6, 6.07) is 11.3. The fourth-order valence-electron chi connectivity index (χ4n) is 3.28. The van der Waals surface area contributed by atoms with Crippen LogP contribution in [-0.2, 0) is 22.7 Å². The zero-order valence-electron chi connectivity index (χ0n) is 16.4. The van der Waals surface area contributed by atoms with Gasteiger partial charge in [-0.05, 0) is 35.4 Å². The second-order valence-electron chi connectivity index (χ2n) is 7.10. The summed E-state index contributed by atoms with van der Waals surface area (Å²) in [6.45, 7) is 0.492. The standard InChI is InChI=1S/C21H19FN6O3/c22-16-3-1-2-15(8-16)11-28-20(30)18(26-21(28)31)9-19(29)25-17-6-4-14(5-7-17)10-27-13-23-12-24-27/h1-8,12-13,18H,9-11H2,(H,25,29)(H,26,31)/t18-/m0/s1. The quantitative estimate of drug-likeness (QED) is 0.566. The van der Waals surface area contributed by atoms with Gasteiger partial charge in [-0.25, -0.2) is 18.9 Å². The number of benzene rings is 2. The highest BCUT2D eigenvalue weighted by molar-refractivity contribution is 6.06. The lowest BCUT2D eigenvalue weighted by Crippen LogP contribution is -2.34. The molecule has 2 aromatic carbocycles. The molecule has 1 aliphatic rings. The van der Waals surface area contributed by atoms with Crippen LogP contribution in [0.1, 0.15) is 17.5 Å². The van der Waals surface area contributed by atoms with Crippen molar-refractivity contribution in [3.63, 3.8) is 0 Å². The number of rotatable bonds is 7. The van der Waals surface area contributed by atoms with Crippen LogP contribution in [0.15, 0.2) is 61.2 Å². The largest absolute Gasteiger partial charge is 0.326 e. The summed E-state index contributed by atoms with van der Waals surface area (Å²) in [4.78, 5) is 41.9. The molecule has 0 spiro atoms. The van der Waals surface area contributed by atoms with Crippen molar-refractivity contribution < 1.29 is 18.8 Å². The van der Waals surface area contributed by atoms with E-state index in [0.717, 1.165) is 10.5 Å². The van der Waals surface area contributed by atoms with E-state index in [1.54, 1.807) is 29.2 Å². The topological polar surface area (TPSA) is 109 Å². The number of nitrogens with one attached hydrogen (secondary N) is 2. The summed E-state index contributed by atoms with van der Waals surface area (Å²) < 4.78 is 15.0. The zero-order valence-corrected chi connectivity index (χ0v) is 16.4. The Morgan fingerprint density at radius 3 is 2.61 bits per heavy atom. The van der Waals surface area contributed by atoms with Crippen LogP contribution < -0.4 is 10.6 Å². The van der Waals surface area contributed by atoms with Gasteiger partial charge in [-0.15, -0.1) is 0 Å². The average Bonchev–Trinajstić information content (AvgIpc) is 3.33. The molecule has 1 fully saturated rings. The Balaban J connectivity index is 1.32. The number of nitrogens with zero attached hydrogens (tertiary/aromatic N) is 4. The highest BCUT2D eigenvalue weighted by Gasteiger charge is 2.39. The molecule has 158 valence electrons. The fourth-order valence-corrected chi connectivity index (χ4v) is 3.28. The first kappa shape index (κ1) is 20.2. The van der Waals surface area contributed by atoms with Gasteiger partial charge in [0.15, 0.2) is 0 Å². The minimum atomic E-state index is -0.965. The maximum atomic E-state index is 13.3.